The van der Waals surface area contributed by atoms with Gasteiger partial charge in [-0.25, -0.2) is 0 Å². The second-order valence-electron chi connectivity index (χ2n) is 9.45. The number of carbonyl (C=O) groups is 1. The third-order valence-corrected chi connectivity index (χ3v) is 7.10. The Morgan fingerprint density at radius 1 is 1.11 bits per heavy atom. The Labute approximate surface area is 205 Å². The zero-order chi connectivity index (χ0) is 24.4. The molecule has 0 saturated heterocycles. The average Bonchev–Trinajstić information content (AvgIpc) is 3.63. The molecular weight excluding hydrogens is 440 g/mol. The second-order valence-corrected chi connectivity index (χ2v) is 9.45. The number of hydrogen-bond acceptors (Lipinski definition) is 5. The molecule has 0 bridgehead atoms. The Hall–Kier alpha value is -3.38. The summed E-state index contributed by atoms with van der Waals surface area (Å²) in [5, 5.41) is 16.1. The summed E-state index contributed by atoms with van der Waals surface area (Å²) in [6.07, 6.45) is 7.60. The molecule has 1 unspecified atom stereocenters. The van der Waals surface area contributed by atoms with E-state index in [1.807, 2.05) is 18.2 Å². The van der Waals surface area contributed by atoms with Crippen LogP contribution >= 0.6 is 0 Å². The predicted molar refractivity (Wildman–Crippen MR) is 138 cm³/mol. The highest BCUT2D eigenvalue weighted by atomic mass is 16.7. The summed E-state index contributed by atoms with van der Waals surface area (Å²) < 4.78 is 7.60. The molecule has 1 N–H and O–H groups in total. The first-order chi connectivity index (χ1) is 17.0. The lowest BCUT2D eigenvalue weighted by Gasteiger charge is -2.12. The van der Waals surface area contributed by atoms with Gasteiger partial charge in [0, 0.05) is 46.4 Å². The molecule has 0 amide bonds. The number of furan rings is 1. The van der Waals surface area contributed by atoms with Gasteiger partial charge in [-0.1, -0.05) is 36.9 Å². The lowest BCUT2D eigenvalue weighted by molar-refractivity contribution is -0.0838. The van der Waals surface area contributed by atoms with E-state index < -0.39 is 6.29 Å². The van der Waals surface area contributed by atoms with E-state index in [0.29, 0.717) is 11.3 Å². The topological polar surface area (TPSA) is 77.0 Å². The van der Waals surface area contributed by atoms with Gasteiger partial charge in [-0.2, -0.15) is 0 Å². The number of aromatic nitrogens is 1. The molecule has 1 saturated carbocycles. The third-order valence-electron chi connectivity index (χ3n) is 7.10. The third kappa shape index (κ3) is 4.76. The number of oxime groups is 1. The van der Waals surface area contributed by atoms with E-state index in [1.54, 1.807) is 19.1 Å². The highest BCUT2D eigenvalue weighted by molar-refractivity contribution is 6.15. The molecule has 1 atom stereocenters. The monoisotopic (exact) mass is 472 g/mol. The van der Waals surface area contributed by atoms with Gasteiger partial charge in [-0.15, -0.1) is 0 Å². The van der Waals surface area contributed by atoms with Crippen molar-refractivity contribution in [3.8, 4) is 0 Å². The van der Waals surface area contributed by atoms with Crippen LogP contribution in [0.4, 0.5) is 0 Å². The number of hydrogen-bond donors (Lipinski definition) is 1. The maximum atomic E-state index is 12.9. The molecule has 1 fully saturated rings. The largest absolute Gasteiger partial charge is 0.461 e. The van der Waals surface area contributed by atoms with Gasteiger partial charge < -0.3 is 18.9 Å². The minimum Gasteiger partial charge on any atom is -0.461 e. The summed E-state index contributed by atoms with van der Waals surface area (Å²) in [5.74, 6) is 0.933. The van der Waals surface area contributed by atoms with Gasteiger partial charge in [0.05, 0.1) is 12.0 Å². The normalized spacial score (nSPS) is 15.8. The number of aryl methyl sites for hydroxylation is 1. The molecule has 5 rings (SSSR count). The van der Waals surface area contributed by atoms with Crippen LogP contribution in [0.1, 0.15) is 74.1 Å². The quantitative estimate of drug-likeness (QED) is 0.128. The summed E-state index contributed by atoms with van der Waals surface area (Å²) in [4.78, 5) is 18.2. The van der Waals surface area contributed by atoms with Crippen molar-refractivity contribution in [1.82, 2.24) is 4.57 Å². The Bertz CT molecular complexity index is 1360. The number of ketones is 1. The van der Waals surface area contributed by atoms with Crippen molar-refractivity contribution in [2.75, 3.05) is 0 Å². The van der Waals surface area contributed by atoms with Crippen molar-refractivity contribution in [3.63, 3.8) is 0 Å². The van der Waals surface area contributed by atoms with Gasteiger partial charge in [-0.3, -0.25) is 4.79 Å². The minimum atomic E-state index is -0.961. The molecule has 4 aromatic rings. The highest BCUT2D eigenvalue weighted by Crippen LogP contribution is 2.33. The fourth-order valence-corrected chi connectivity index (χ4v) is 5.34. The highest BCUT2D eigenvalue weighted by Gasteiger charge is 2.19. The fraction of sp³-hybridized carbons (Fsp3) is 0.379. The molecule has 35 heavy (non-hydrogen) atoms. The number of aliphatic hydroxyl groups excluding tert-OH is 1. The van der Waals surface area contributed by atoms with Crippen LogP contribution < -0.4 is 0 Å². The van der Waals surface area contributed by atoms with E-state index in [1.165, 1.54) is 31.9 Å². The molecule has 0 aliphatic heterocycles. The first-order valence-corrected chi connectivity index (χ1v) is 12.6. The maximum absolute atomic E-state index is 12.9. The van der Waals surface area contributed by atoms with E-state index in [9.17, 15) is 9.90 Å². The van der Waals surface area contributed by atoms with Gasteiger partial charge in [0.15, 0.2) is 5.76 Å². The number of rotatable bonds is 9. The Morgan fingerprint density at radius 3 is 2.43 bits per heavy atom. The summed E-state index contributed by atoms with van der Waals surface area (Å²) in [6, 6.07) is 15.6. The van der Waals surface area contributed by atoms with Crippen LogP contribution in [0.5, 0.6) is 0 Å². The minimum absolute atomic E-state index is 0.130. The predicted octanol–water partition coefficient (Wildman–Crippen LogP) is 6.67. The van der Waals surface area contributed by atoms with Gasteiger partial charge in [0.1, 0.15) is 0 Å². The van der Waals surface area contributed by atoms with Gasteiger partial charge in [0.2, 0.25) is 12.1 Å². The van der Waals surface area contributed by atoms with Crippen molar-refractivity contribution in [3.05, 3.63) is 71.7 Å². The average molecular weight is 473 g/mol. The molecule has 6 nitrogen and oxygen atoms in total. The van der Waals surface area contributed by atoms with Crippen LogP contribution in [0.15, 0.2) is 64.4 Å². The van der Waals surface area contributed by atoms with Crippen molar-refractivity contribution in [2.45, 2.75) is 65.2 Å². The Morgan fingerprint density at radius 2 is 1.80 bits per heavy atom. The molecule has 182 valence electrons. The lowest BCUT2D eigenvalue weighted by atomic mass is 9.96. The van der Waals surface area contributed by atoms with E-state index in [4.69, 9.17) is 9.25 Å². The smallest absolute Gasteiger partial charge is 0.228 e. The molecule has 1 aliphatic rings. The van der Waals surface area contributed by atoms with Crippen molar-refractivity contribution < 1.29 is 19.2 Å². The zero-order valence-electron chi connectivity index (χ0n) is 20.4. The standard InChI is InChI=1S/C29H32N2O4/c1-3-31-26-14-11-21(25(30-35-19(2)32)13-10-20-7-4-5-8-20)17-23(26)24-18-22(12-15-27(24)31)29(33)28-9-6-16-34-28/h6,9,11-12,14-20,32H,3-5,7-8,10,13H2,1-2H3/b30-25+. The number of benzene rings is 2. The molecular formula is C29H32N2O4. The molecule has 2 aromatic heterocycles. The van der Waals surface area contributed by atoms with E-state index in [2.05, 4.69) is 34.8 Å². The lowest BCUT2D eigenvalue weighted by Crippen LogP contribution is -2.09. The van der Waals surface area contributed by atoms with Crippen LogP contribution in [0.3, 0.4) is 0 Å². The van der Waals surface area contributed by atoms with Crippen molar-refractivity contribution >= 4 is 33.3 Å². The van der Waals surface area contributed by atoms with Crippen molar-refractivity contribution in [1.29, 1.82) is 0 Å². The molecule has 2 heterocycles. The summed E-state index contributed by atoms with van der Waals surface area (Å²) >= 11 is 0. The van der Waals surface area contributed by atoms with Crippen LogP contribution in [0.2, 0.25) is 0 Å². The summed E-state index contributed by atoms with van der Waals surface area (Å²) in [5.41, 5.74) is 4.62. The van der Waals surface area contributed by atoms with Crippen LogP contribution in [-0.2, 0) is 11.4 Å². The number of nitrogens with zero attached hydrogens (tertiary/aromatic N) is 2. The second kappa shape index (κ2) is 10.1. The van der Waals surface area contributed by atoms with Crippen LogP contribution in [-0.4, -0.2) is 27.5 Å². The van der Waals surface area contributed by atoms with Gasteiger partial charge >= 0.3 is 0 Å². The Kier molecular flexibility index (Phi) is 6.73. The summed E-state index contributed by atoms with van der Waals surface area (Å²) in [6.45, 7) is 4.51. The zero-order valence-corrected chi connectivity index (χ0v) is 20.4. The fourth-order valence-electron chi connectivity index (χ4n) is 5.34. The van der Waals surface area contributed by atoms with E-state index in [0.717, 1.165) is 58.4 Å². The van der Waals surface area contributed by atoms with E-state index in [-0.39, 0.29) is 5.78 Å². The maximum Gasteiger partial charge on any atom is 0.228 e. The van der Waals surface area contributed by atoms with E-state index >= 15 is 0 Å². The van der Waals surface area contributed by atoms with Gasteiger partial charge in [0.25, 0.3) is 0 Å². The SMILES string of the molecule is CCn1c2ccc(C(=O)c3ccco3)cc2c2cc(/C(CCC3CCCC3)=N/OC(C)O)ccc21. The summed E-state index contributed by atoms with van der Waals surface area (Å²) in [7, 11) is 0. The number of aliphatic hydroxyl groups is 1. The first kappa shape index (κ1) is 23.4. The van der Waals surface area contributed by atoms with Crippen LogP contribution in [0, 0.1) is 5.92 Å². The molecule has 2 aromatic carbocycles. The Balaban J connectivity index is 1.57. The van der Waals surface area contributed by atoms with Gasteiger partial charge in [-0.05, 0) is 68.1 Å². The molecule has 6 heteroatoms. The van der Waals surface area contributed by atoms with Crippen molar-refractivity contribution in [2.24, 2.45) is 11.1 Å². The first-order valence-electron chi connectivity index (χ1n) is 12.6. The molecule has 0 spiro atoms. The number of carbonyl (C=O) groups excluding carboxylic acids is 1. The van der Waals surface area contributed by atoms with Crippen LogP contribution in [0.25, 0.3) is 21.8 Å². The molecule has 1 aliphatic carbocycles. The number of fused-ring (bicyclic) bond motifs is 3. The molecule has 0 radical (unpaired) electrons.